The Morgan fingerprint density at radius 3 is 3.00 bits per heavy atom. The first-order valence-corrected chi connectivity index (χ1v) is 9.72. The fourth-order valence-electron chi connectivity index (χ4n) is 2.79. The molecule has 0 bridgehead atoms. The first-order chi connectivity index (χ1) is 11.4. The summed E-state index contributed by atoms with van der Waals surface area (Å²) in [6, 6.07) is 6.55. The lowest BCUT2D eigenvalue weighted by Crippen LogP contribution is -2.36. The molecule has 5 nitrogen and oxygen atoms in total. The summed E-state index contributed by atoms with van der Waals surface area (Å²) < 4.78 is 12.0. The molecule has 0 spiro atoms. The van der Waals surface area contributed by atoms with Gasteiger partial charge in [-0.3, -0.25) is 0 Å². The number of hydrogen-bond acceptors (Lipinski definition) is 7. The average Bonchev–Trinajstić information content (AvgIpc) is 3.24. The van der Waals surface area contributed by atoms with Crippen molar-refractivity contribution in [2.45, 2.75) is 17.2 Å². The van der Waals surface area contributed by atoms with Crippen LogP contribution in [-0.2, 0) is 17.6 Å². The molecule has 0 atom stereocenters. The van der Waals surface area contributed by atoms with E-state index in [1.165, 1.54) is 11.1 Å². The second kappa shape index (κ2) is 7.07. The van der Waals surface area contributed by atoms with Crippen LogP contribution >= 0.6 is 23.1 Å². The zero-order valence-electron chi connectivity index (χ0n) is 12.9. The van der Waals surface area contributed by atoms with Gasteiger partial charge in [-0.05, 0) is 23.6 Å². The van der Waals surface area contributed by atoms with Crippen LogP contribution in [0.15, 0.2) is 22.5 Å². The van der Waals surface area contributed by atoms with Crippen molar-refractivity contribution >= 4 is 28.2 Å². The lowest BCUT2D eigenvalue weighted by molar-refractivity contribution is 0.122. The predicted octanol–water partition coefficient (Wildman–Crippen LogP) is 2.64. The Morgan fingerprint density at radius 1 is 1.17 bits per heavy atom. The number of hydrogen-bond donors (Lipinski definition) is 0. The quantitative estimate of drug-likeness (QED) is 0.774. The number of thioether (sulfide) groups is 1. The van der Waals surface area contributed by atoms with Crippen molar-refractivity contribution in [2.75, 3.05) is 43.6 Å². The van der Waals surface area contributed by atoms with Crippen LogP contribution in [0.4, 0.5) is 5.13 Å². The molecular weight excluding hydrogens is 330 g/mol. The summed E-state index contributed by atoms with van der Waals surface area (Å²) in [5.74, 6) is 2.08. The van der Waals surface area contributed by atoms with Crippen LogP contribution in [0.5, 0.6) is 5.75 Å². The highest BCUT2D eigenvalue weighted by atomic mass is 32.2. The zero-order valence-corrected chi connectivity index (χ0v) is 14.5. The van der Waals surface area contributed by atoms with E-state index in [-0.39, 0.29) is 0 Å². The Hall–Kier alpha value is -1.31. The monoisotopic (exact) mass is 349 g/mol. The van der Waals surface area contributed by atoms with Gasteiger partial charge in [-0.1, -0.05) is 35.2 Å². The Bertz CT molecular complexity index is 671. The maximum atomic E-state index is 5.55. The average molecular weight is 349 g/mol. The van der Waals surface area contributed by atoms with Gasteiger partial charge in [0, 0.05) is 25.3 Å². The van der Waals surface area contributed by atoms with E-state index >= 15 is 0 Å². The largest absolute Gasteiger partial charge is 0.493 e. The topological polar surface area (TPSA) is 47.5 Å². The van der Waals surface area contributed by atoms with Gasteiger partial charge in [0.1, 0.15) is 5.75 Å². The van der Waals surface area contributed by atoms with Crippen LogP contribution in [0, 0.1) is 0 Å². The van der Waals surface area contributed by atoms with Crippen LogP contribution in [-0.4, -0.2) is 48.9 Å². The molecule has 1 saturated heterocycles. The maximum absolute atomic E-state index is 5.55. The molecule has 0 saturated carbocycles. The molecule has 122 valence electrons. The fourth-order valence-corrected chi connectivity index (χ4v) is 4.75. The molecule has 1 fully saturated rings. The predicted molar refractivity (Wildman–Crippen MR) is 93.0 cm³/mol. The number of benzene rings is 1. The number of ether oxygens (including phenoxy) is 2. The van der Waals surface area contributed by atoms with Crippen molar-refractivity contribution in [3.05, 3.63) is 29.3 Å². The fraction of sp³-hybridized carbons (Fsp3) is 0.500. The molecule has 7 heteroatoms. The molecule has 0 unspecified atom stereocenters. The number of morpholine rings is 1. The smallest absolute Gasteiger partial charge is 0.209 e. The molecule has 0 amide bonds. The van der Waals surface area contributed by atoms with E-state index in [1.54, 1.807) is 23.1 Å². The molecule has 23 heavy (non-hydrogen) atoms. The van der Waals surface area contributed by atoms with E-state index < -0.39 is 0 Å². The SMILES string of the molecule is c1cc2c(cc1CCSc1nnc(N3CCOCC3)s1)CCO2. The Labute approximate surface area is 144 Å². The molecule has 4 rings (SSSR count). The van der Waals surface area contributed by atoms with Crippen molar-refractivity contribution in [2.24, 2.45) is 0 Å². The summed E-state index contributed by atoms with van der Waals surface area (Å²) in [5, 5.41) is 9.64. The highest BCUT2D eigenvalue weighted by molar-refractivity contribution is 8.01. The summed E-state index contributed by atoms with van der Waals surface area (Å²) in [6.45, 7) is 4.21. The van der Waals surface area contributed by atoms with Crippen molar-refractivity contribution in [3.8, 4) is 5.75 Å². The summed E-state index contributed by atoms with van der Waals surface area (Å²) >= 11 is 3.47. The molecular formula is C16H19N3O2S2. The lowest BCUT2D eigenvalue weighted by Gasteiger charge is -2.25. The zero-order chi connectivity index (χ0) is 15.5. The summed E-state index contributed by atoms with van der Waals surface area (Å²) in [5.41, 5.74) is 2.72. The van der Waals surface area contributed by atoms with Gasteiger partial charge in [0.25, 0.3) is 0 Å². The van der Waals surface area contributed by atoms with Crippen LogP contribution in [0.2, 0.25) is 0 Å². The molecule has 0 radical (unpaired) electrons. The van der Waals surface area contributed by atoms with E-state index in [0.29, 0.717) is 0 Å². The summed E-state index contributed by atoms with van der Waals surface area (Å²) in [6.07, 6.45) is 2.08. The Morgan fingerprint density at radius 2 is 2.09 bits per heavy atom. The third-order valence-electron chi connectivity index (χ3n) is 4.05. The summed E-state index contributed by atoms with van der Waals surface area (Å²) in [7, 11) is 0. The van der Waals surface area contributed by atoms with Gasteiger partial charge in [0.2, 0.25) is 5.13 Å². The molecule has 2 aliphatic heterocycles. The maximum Gasteiger partial charge on any atom is 0.209 e. The van der Waals surface area contributed by atoms with Gasteiger partial charge in [-0.25, -0.2) is 0 Å². The lowest BCUT2D eigenvalue weighted by atomic mass is 10.1. The minimum atomic E-state index is 0.782. The van der Waals surface area contributed by atoms with Crippen LogP contribution in [0.3, 0.4) is 0 Å². The number of aryl methyl sites for hydroxylation is 1. The normalized spacial score (nSPS) is 17.1. The third-order valence-corrected chi connectivity index (χ3v) is 6.17. The Kier molecular flexibility index (Phi) is 4.68. The molecule has 3 heterocycles. The molecule has 1 aromatic carbocycles. The number of rotatable bonds is 5. The standard InChI is InChI=1S/C16H19N3O2S2/c1-2-14-13(3-7-21-14)11-12(1)4-10-22-16-18-17-15(23-16)19-5-8-20-9-6-19/h1-2,11H,3-10H2. The molecule has 2 aromatic rings. The van der Waals surface area contributed by atoms with Gasteiger partial charge in [-0.15, -0.1) is 10.2 Å². The highest BCUT2D eigenvalue weighted by Crippen LogP contribution is 2.30. The van der Waals surface area contributed by atoms with E-state index in [0.717, 1.165) is 66.7 Å². The second-order valence-corrected chi connectivity index (χ2v) is 7.89. The van der Waals surface area contributed by atoms with Gasteiger partial charge in [0.15, 0.2) is 4.34 Å². The molecule has 0 N–H and O–H groups in total. The molecule has 2 aliphatic rings. The van der Waals surface area contributed by atoms with Crippen molar-refractivity contribution in [1.82, 2.24) is 10.2 Å². The van der Waals surface area contributed by atoms with E-state index in [9.17, 15) is 0 Å². The van der Waals surface area contributed by atoms with Crippen LogP contribution < -0.4 is 9.64 Å². The van der Waals surface area contributed by atoms with Crippen LogP contribution in [0.25, 0.3) is 0 Å². The van der Waals surface area contributed by atoms with E-state index in [2.05, 4.69) is 33.3 Å². The number of anilines is 1. The highest BCUT2D eigenvalue weighted by Gasteiger charge is 2.16. The van der Waals surface area contributed by atoms with Gasteiger partial charge >= 0.3 is 0 Å². The summed E-state index contributed by atoms with van der Waals surface area (Å²) in [4.78, 5) is 2.26. The van der Waals surface area contributed by atoms with Gasteiger partial charge in [-0.2, -0.15) is 0 Å². The van der Waals surface area contributed by atoms with Crippen molar-refractivity contribution in [1.29, 1.82) is 0 Å². The number of fused-ring (bicyclic) bond motifs is 1. The van der Waals surface area contributed by atoms with Crippen LogP contribution in [0.1, 0.15) is 11.1 Å². The van der Waals surface area contributed by atoms with Crippen molar-refractivity contribution < 1.29 is 9.47 Å². The minimum Gasteiger partial charge on any atom is -0.493 e. The Balaban J connectivity index is 1.30. The first-order valence-electron chi connectivity index (χ1n) is 7.92. The number of nitrogens with zero attached hydrogens (tertiary/aromatic N) is 3. The van der Waals surface area contributed by atoms with Gasteiger partial charge < -0.3 is 14.4 Å². The molecule has 1 aromatic heterocycles. The second-order valence-electron chi connectivity index (χ2n) is 5.59. The minimum absolute atomic E-state index is 0.782. The van der Waals surface area contributed by atoms with Crippen molar-refractivity contribution in [3.63, 3.8) is 0 Å². The molecule has 0 aliphatic carbocycles. The van der Waals surface area contributed by atoms with E-state index in [1.807, 2.05) is 0 Å². The van der Waals surface area contributed by atoms with Gasteiger partial charge in [0.05, 0.1) is 19.8 Å². The first kappa shape index (κ1) is 15.2. The number of aromatic nitrogens is 2. The van der Waals surface area contributed by atoms with E-state index in [4.69, 9.17) is 9.47 Å². The third kappa shape index (κ3) is 3.62.